The van der Waals surface area contributed by atoms with Gasteiger partial charge in [-0.15, -0.1) is 0 Å². The van der Waals surface area contributed by atoms with E-state index in [1.165, 1.54) is 0 Å². The summed E-state index contributed by atoms with van der Waals surface area (Å²) in [5.74, 6) is 0.715. The van der Waals surface area contributed by atoms with Crippen molar-refractivity contribution in [2.24, 2.45) is 0 Å². The Morgan fingerprint density at radius 3 is 1.82 bits per heavy atom. The first kappa shape index (κ1) is 31.3. The Morgan fingerprint density at radius 2 is 1.25 bits per heavy atom. The van der Waals surface area contributed by atoms with Crippen LogP contribution < -0.4 is 10.6 Å². The van der Waals surface area contributed by atoms with E-state index in [2.05, 4.69) is 44.5 Å². The van der Waals surface area contributed by atoms with Crippen molar-refractivity contribution >= 4 is 23.6 Å². The molecule has 4 aliphatic rings. The van der Waals surface area contributed by atoms with Crippen molar-refractivity contribution < 1.29 is 9.59 Å². The monoisotopic (exact) mass is 552 g/mol. The van der Waals surface area contributed by atoms with Crippen molar-refractivity contribution in [2.45, 2.75) is 78.6 Å². The number of anilines is 2. The lowest BCUT2D eigenvalue weighted by Crippen LogP contribution is -2.49. The molecule has 0 saturated carbocycles. The van der Waals surface area contributed by atoms with E-state index in [0.717, 1.165) is 68.7 Å². The molecule has 2 aromatic heterocycles. The predicted molar refractivity (Wildman–Crippen MR) is 161 cm³/mol. The molecule has 10 nitrogen and oxygen atoms in total. The van der Waals surface area contributed by atoms with Gasteiger partial charge in [0.05, 0.1) is 18.4 Å². The summed E-state index contributed by atoms with van der Waals surface area (Å²) < 4.78 is 0. The molecule has 220 valence electrons. The fourth-order valence-electron chi connectivity index (χ4n) is 5.43. The summed E-state index contributed by atoms with van der Waals surface area (Å²) in [4.78, 5) is 41.0. The van der Waals surface area contributed by atoms with Gasteiger partial charge in [-0.3, -0.25) is 10.3 Å². The van der Waals surface area contributed by atoms with Crippen LogP contribution in [-0.4, -0.2) is 94.0 Å². The van der Waals surface area contributed by atoms with Crippen molar-refractivity contribution in [3.8, 4) is 0 Å². The van der Waals surface area contributed by atoms with Crippen molar-refractivity contribution in [3.63, 3.8) is 0 Å². The molecule has 4 amide bonds. The van der Waals surface area contributed by atoms with Gasteiger partial charge in [0, 0.05) is 36.6 Å². The van der Waals surface area contributed by atoms with E-state index in [-0.39, 0.29) is 12.1 Å². The number of nitrogens with zero attached hydrogens (tertiary/aromatic N) is 6. The third kappa shape index (κ3) is 7.91. The van der Waals surface area contributed by atoms with Crippen LogP contribution in [0.4, 0.5) is 21.1 Å². The molecular weight excluding hydrogens is 504 g/mol. The zero-order valence-electron chi connectivity index (χ0n) is 25.2. The minimum Gasteiger partial charge on any atom is -0.317 e. The summed E-state index contributed by atoms with van der Waals surface area (Å²) in [6.45, 7) is 13.7. The Balaban J connectivity index is 0.000000196. The smallest absolute Gasteiger partial charge is 0.317 e. The first-order valence-corrected chi connectivity index (χ1v) is 14.9. The molecule has 4 aliphatic heterocycles. The van der Waals surface area contributed by atoms with Crippen molar-refractivity contribution in [1.29, 1.82) is 0 Å². The Morgan fingerprint density at radius 1 is 0.725 bits per heavy atom. The molecule has 6 rings (SSSR count). The zero-order valence-corrected chi connectivity index (χ0v) is 25.2. The molecule has 0 aromatic carbocycles. The molecular formula is C30H48N8O2. The zero-order chi connectivity index (χ0) is 29.1. The number of pyridine rings is 2. The van der Waals surface area contributed by atoms with E-state index in [9.17, 15) is 9.59 Å². The van der Waals surface area contributed by atoms with Crippen molar-refractivity contribution in [2.75, 3.05) is 50.9 Å². The first-order valence-electron chi connectivity index (χ1n) is 14.9. The quantitative estimate of drug-likeness (QED) is 0.538. The lowest BCUT2D eigenvalue weighted by atomic mass is 10.0. The largest absolute Gasteiger partial charge is 0.323 e. The summed E-state index contributed by atoms with van der Waals surface area (Å²) >= 11 is 0. The highest BCUT2D eigenvalue weighted by molar-refractivity contribution is 5.92. The predicted octanol–water partition coefficient (Wildman–Crippen LogP) is 5.10. The SMILES string of the molecule is CC.CC.CN1CCC(N2Cc3cccnc3NC2=O)CC1.CN1CCC(N2Cc3ccncc3NC2=O)CC1. The number of hydrogen-bond acceptors (Lipinski definition) is 6. The van der Waals surface area contributed by atoms with E-state index in [4.69, 9.17) is 0 Å². The highest BCUT2D eigenvalue weighted by Crippen LogP contribution is 2.27. The number of fused-ring (bicyclic) bond motifs is 2. The van der Waals surface area contributed by atoms with Crippen LogP contribution in [0.25, 0.3) is 0 Å². The van der Waals surface area contributed by atoms with Crippen LogP contribution in [0.3, 0.4) is 0 Å². The molecule has 0 spiro atoms. The van der Waals surface area contributed by atoms with Crippen molar-refractivity contribution in [1.82, 2.24) is 29.6 Å². The Hall–Kier alpha value is -3.24. The van der Waals surface area contributed by atoms with Crippen LogP contribution in [0, 0.1) is 0 Å². The van der Waals surface area contributed by atoms with Gasteiger partial charge in [-0.1, -0.05) is 33.8 Å². The number of urea groups is 2. The number of carbonyl (C=O) groups excluding carboxylic acids is 2. The third-order valence-corrected chi connectivity index (χ3v) is 7.73. The molecule has 2 aromatic rings. The van der Waals surface area contributed by atoms with E-state index in [1.54, 1.807) is 18.6 Å². The summed E-state index contributed by atoms with van der Waals surface area (Å²) in [7, 11) is 4.26. The Bertz CT molecular complexity index is 995. The second-order valence-corrected chi connectivity index (χ2v) is 10.2. The number of carbonyl (C=O) groups is 2. The standard InChI is InChI=1S/2C13H18N4O.2C2H6/c1-16-6-3-11(4-7-16)17-9-10-2-5-14-8-12(10)15-13(17)18;1-16-7-4-11(5-8-16)17-9-10-3-2-6-14-12(10)15-13(17)18;2*1-2/h2,5,8,11H,3-4,6-7,9H2,1H3,(H,15,18);2-3,6,11H,4-5,7-9H2,1H3,(H,14,15,18);2*1-2H3. The summed E-state index contributed by atoms with van der Waals surface area (Å²) in [5.41, 5.74) is 3.12. The van der Waals surface area contributed by atoms with Gasteiger partial charge in [-0.25, -0.2) is 14.6 Å². The van der Waals surface area contributed by atoms with E-state index in [0.29, 0.717) is 31.0 Å². The van der Waals surface area contributed by atoms with Gasteiger partial charge in [0.25, 0.3) is 0 Å². The van der Waals surface area contributed by atoms with Crippen LogP contribution in [-0.2, 0) is 13.1 Å². The highest BCUT2D eigenvalue weighted by atomic mass is 16.2. The molecule has 0 unspecified atom stereocenters. The molecule has 2 saturated heterocycles. The van der Waals surface area contributed by atoms with Gasteiger partial charge in [0.15, 0.2) is 0 Å². The fraction of sp³-hybridized carbons (Fsp3) is 0.600. The number of amides is 4. The summed E-state index contributed by atoms with van der Waals surface area (Å²) in [6.07, 6.45) is 9.44. The maximum atomic E-state index is 12.1. The average molecular weight is 553 g/mol. The number of likely N-dealkylation sites (tertiary alicyclic amines) is 2. The van der Waals surface area contributed by atoms with Crippen LogP contribution in [0.2, 0.25) is 0 Å². The lowest BCUT2D eigenvalue weighted by molar-refractivity contribution is 0.133. The maximum absolute atomic E-state index is 12.1. The molecule has 0 bridgehead atoms. The minimum atomic E-state index is -0.00393. The third-order valence-electron chi connectivity index (χ3n) is 7.73. The van der Waals surface area contributed by atoms with Gasteiger partial charge in [0.1, 0.15) is 5.82 Å². The molecule has 40 heavy (non-hydrogen) atoms. The highest BCUT2D eigenvalue weighted by Gasteiger charge is 2.32. The molecule has 0 atom stereocenters. The van der Waals surface area contributed by atoms with Gasteiger partial charge >= 0.3 is 12.1 Å². The molecule has 2 fully saturated rings. The summed E-state index contributed by atoms with van der Waals surface area (Å²) in [6, 6.07) is 6.67. The van der Waals surface area contributed by atoms with E-state index >= 15 is 0 Å². The Kier molecular flexibility index (Phi) is 12.1. The summed E-state index contributed by atoms with van der Waals surface area (Å²) in [5, 5.41) is 5.81. The Labute approximate surface area is 240 Å². The molecule has 10 heteroatoms. The normalized spacial score (nSPS) is 19.8. The van der Waals surface area contributed by atoms with Crippen LogP contribution in [0.1, 0.15) is 64.5 Å². The number of hydrogen-bond donors (Lipinski definition) is 2. The van der Waals surface area contributed by atoms with Crippen LogP contribution in [0.5, 0.6) is 0 Å². The average Bonchev–Trinajstić information content (AvgIpc) is 3.00. The van der Waals surface area contributed by atoms with Gasteiger partial charge in [-0.05, 0) is 83.7 Å². The fourth-order valence-corrected chi connectivity index (χ4v) is 5.43. The van der Waals surface area contributed by atoms with Gasteiger partial charge in [-0.2, -0.15) is 0 Å². The molecule has 0 aliphatic carbocycles. The number of piperidine rings is 2. The maximum Gasteiger partial charge on any atom is 0.323 e. The van der Waals surface area contributed by atoms with E-state index < -0.39 is 0 Å². The van der Waals surface area contributed by atoms with Crippen LogP contribution in [0.15, 0.2) is 36.8 Å². The van der Waals surface area contributed by atoms with Gasteiger partial charge in [0.2, 0.25) is 0 Å². The lowest BCUT2D eigenvalue weighted by Gasteiger charge is -2.39. The van der Waals surface area contributed by atoms with E-state index in [1.807, 2.05) is 55.7 Å². The molecule has 0 radical (unpaired) electrons. The number of rotatable bonds is 2. The van der Waals surface area contributed by atoms with Crippen LogP contribution >= 0.6 is 0 Å². The number of aromatic nitrogens is 2. The second-order valence-electron chi connectivity index (χ2n) is 10.2. The number of nitrogens with one attached hydrogen (secondary N) is 2. The van der Waals surface area contributed by atoms with Crippen molar-refractivity contribution in [3.05, 3.63) is 47.9 Å². The first-order chi connectivity index (χ1) is 19.5. The minimum absolute atomic E-state index is 0.00393. The topological polar surface area (TPSA) is 96.9 Å². The molecule has 6 heterocycles. The molecule has 2 N–H and O–H groups in total. The van der Waals surface area contributed by atoms with Gasteiger partial charge < -0.3 is 24.9 Å². The second kappa shape index (κ2) is 15.5.